The number of nitrogens with one attached hydrogen (secondary N) is 1. The first-order chi connectivity index (χ1) is 14.2. The highest BCUT2D eigenvalue weighted by atomic mass is 16.5. The quantitative estimate of drug-likeness (QED) is 0.635. The van der Waals surface area contributed by atoms with Crippen LogP contribution in [-0.4, -0.2) is 63.1 Å². The summed E-state index contributed by atoms with van der Waals surface area (Å²) in [5, 5.41) is 7.00. The topological polar surface area (TPSA) is 99.0 Å². The van der Waals surface area contributed by atoms with Crippen LogP contribution in [-0.2, 0) is 9.53 Å². The van der Waals surface area contributed by atoms with E-state index in [1.54, 1.807) is 14.2 Å². The molecular weight excluding hydrogens is 376 g/mol. The Morgan fingerprint density at radius 1 is 1.28 bits per heavy atom. The predicted octanol–water partition coefficient (Wildman–Crippen LogP) is 2.12. The first-order valence-corrected chi connectivity index (χ1v) is 9.82. The van der Waals surface area contributed by atoms with Crippen LogP contribution in [0.2, 0.25) is 0 Å². The Bertz CT molecular complexity index is 802. The van der Waals surface area contributed by atoms with Crippen molar-refractivity contribution in [2.45, 2.75) is 19.8 Å². The number of anilines is 1. The molecule has 1 aromatic carbocycles. The number of hydrogen-bond acceptors (Lipinski definition) is 8. The largest absolute Gasteiger partial charge is 0.493 e. The number of methoxy groups -OCH3 is 2. The molecule has 1 saturated heterocycles. The lowest BCUT2D eigenvalue weighted by atomic mass is 9.96. The standard InChI is InChI=1S/C20H28N4O5/c1-4-28-16-6-5-15(13-17(16)27-3)18-22-20(29-23-18)24-10-7-14(8-11-24)19(25)21-9-12-26-2/h5-6,13-14H,4,7-12H2,1-3H3,(H,21,25). The van der Waals surface area contributed by atoms with Crippen molar-refractivity contribution >= 4 is 11.9 Å². The minimum Gasteiger partial charge on any atom is -0.493 e. The fourth-order valence-corrected chi connectivity index (χ4v) is 3.30. The van der Waals surface area contributed by atoms with E-state index in [9.17, 15) is 4.79 Å². The molecular formula is C20H28N4O5. The number of benzene rings is 1. The maximum atomic E-state index is 12.2. The van der Waals surface area contributed by atoms with Gasteiger partial charge in [0.2, 0.25) is 11.7 Å². The summed E-state index contributed by atoms with van der Waals surface area (Å²) in [7, 11) is 3.21. The second-order valence-corrected chi connectivity index (χ2v) is 6.74. The third-order valence-electron chi connectivity index (χ3n) is 4.88. The van der Waals surface area contributed by atoms with Crippen LogP contribution in [0.15, 0.2) is 22.7 Å². The van der Waals surface area contributed by atoms with Crippen LogP contribution in [0.3, 0.4) is 0 Å². The number of nitrogens with zero attached hydrogens (tertiary/aromatic N) is 3. The predicted molar refractivity (Wildman–Crippen MR) is 107 cm³/mol. The third-order valence-corrected chi connectivity index (χ3v) is 4.88. The summed E-state index contributed by atoms with van der Waals surface area (Å²) in [5.41, 5.74) is 0.785. The molecule has 158 valence electrons. The fraction of sp³-hybridized carbons (Fsp3) is 0.550. The van der Waals surface area contributed by atoms with E-state index < -0.39 is 0 Å². The molecule has 1 fully saturated rings. The second-order valence-electron chi connectivity index (χ2n) is 6.74. The first kappa shape index (κ1) is 20.9. The first-order valence-electron chi connectivity index (χ1n) is 9.82. The van der Waals surface area contributed by atoms with Crippen molar-refractivity contribution in [2.24, 2.45) is 5.92 Å². The van der Waals surface area contributed by atoms with E-state index in [1.165, 1.54) is 0 Å². The van der Waals surface area contributed by atoms with Gasteiger partial charge in [-0.25, -0.2) is 0 Å². The summed E-state index contributed by atoms with van der Waals surface area (Å²) in [6.07, 6.45) is 1.49. The number of piperidine rings is 1. The van der Waals surface area contributed by atoms with Crippen LogP contribution >= 0.6 is 0 Å². The minimum absolute atomic E-state index is 0.000805. The molecule has 1 N–H and O–H groups in total. The van der Waals surface area contributed by atoms with Crippen LogP contribution in [0.5, 0.6) is 11.5 Å². The lowest BCUT2D eigenvalue weighted by molar-refractivity contribution is -0.125. The molecule has 2 heterocycles. The van der Waals surface area contributed by atoms with Gasteiger partial charge in [0.05, 0.1) is 20.3 Å². The van der Waals surface area contributed by atoms with Crippen molar-refractivity contribution in [1.29, 1.82) is 0 Å². The minimum atomic E-state index is 0.000805. The second kappa shape index (κ2) is 10.1. The van der Waals surface area contributed by atoms with Gasteiger partial charge in [0.15, 0.2) is 11.5 Å². The van der Waals surface area contributed by atoms with Crippen molar-refractivity contribution in [3.63, 3.8) is 0 Å². The number of ether oxygens (including phenoxy) is 3. The fourth-order valence-electron chi connectivity index (χ4n) is 3.30. The zero-order valence-electron chi connectivity index (χ0n) is 17.1. The van der Waals surface area contributed by atoms with Crippen LogP contribution in [0.25, 0.3) is 11.4 Å². The van der Waals surface area contributed by atoms with Crippen molar-refractivity contribution in [3.05, 3.63) is 18.2 Å². The Balaban J connectivity index is 1.60. The summed E-state index contributed by atoms with van der Waals surface area (Å²) in [6.45, 7) is 4.92. The average molecular weight is 404 g/mol. The highest BCUT2D eigenvalue weighted by molar-refractivity contribution is 5.78. The van der Waals surface area contributed by atoms with Crippen LogP contribution < -0.4 is 19.7 Å². The van der Waals surface area contributed by atoms with Gasteiger partial charge in [0, 0.05) is 38.2 Å². The van der Waals surface area contributed by atoms with E-state index in [2.05, 4.69) is 15.5 Å². The van der Waals surface area contributed by atoms with E-state index in [1.807, 2.05) is 30.0 Å². The smallest absolute Gasteiger partial charge is 0.324 e. The number of carbonyl (C=O) groups excluding carboxylic acids is 1. The van der Waals surface area contributed by atoms with Gasteiger partial charge < -0.3 is 29.0 Å². The van der Waals surface area contributed by atoms with Crippen LogP contribution in [0.1, 0.15) is 19.8 Å². The van der Waals surface area contributed by atoms with Gasteiger partial charge in [0.1, 0.15) is 0 Å². The normalized spacial score (nSPS) is 14.7. The molecule has 9 nitrogen and oxygen atoms in total. The molecule has 0 radical (unpaired) electrons. The monoisotopic (exact) mass is 404 g/mol. The molecule has 29 heavy (non-hydrogen) atoms. The van der Waals surface area contributed by atoms with Crippen LogP contribution in [0.4, 0.5) is 6.01 Å². The van der Waals surface area contributed by atoms with E-state index in [0.29, 0.717) is 56.2 Å². The van der Waals surface area contributed by atoms with Gasteiger partial charge in [-0.05, 0) is 38.0 Å². The Morgan fingerprint density at radius 2 is 2.07 bits per heavy atom. The Hall–Kier alpha value is -2.81. The molecule has 2 aromatic rings. The molecule has 1 aromatic heterocycles. The van der Waals surface area contributed by atoms with E-state index >= 15 is 0 Å². The number of rotatable bonds is 9. The zero-order chi connectivity index (χ0) is 20.6. The molecule has 0 bridgehead atoms. The van der Waals surface area contributed by atoms with Crippen molar-refractivity contribution in [2.75, 3.05) is 52.0 Å². The number of aromatic nitrogens is 2. The van der Waals surface area contributed by atoms with E-state index in [0.717, 1.165) is 18.4 Å². The highest BCUT2D eigenvalue weighted by Crippen LogP contribution is 2.32. The molecule has 1 amide bonds. The van der Waals surface area contributed by atoms with Crippen molar-refractivity contribution < 1.29 is 23.5 Å². The van der Waals surface area contributed by atoms with Gasteiger partial charge >= 0.3 is 6.01 Å². The number of hydrogen-bond donors (Lipinski definition) is 1. The summed E-state index contributed by atoms with van der Waals surface area (Å²) < 4.78 is 21.3. The number of carbonyl (C=O) groups is 1. The SMILES string of the molecule is CCOc1ccc(-c2noc(N3CCC(C(=O)NCCOC)CC3)n2)cc1OC. The average Bonchev–Trinajstić information content (AvgIpc) is 3.25. The maximum Gasteiger partial charge on any atom is 0.324 e. The summed E-state index contributed by atoms with van der Waals surface area (Å²) in [4.78, 5) is 18.7. The summed E-state index contributed by atoms with van der Waals surface area (Å²) >= 11 is 0. The Kier molecular flexibility index (Phi) is 7.29. The number of amides is 1. The zero-order valence-corrected chi connectivity index (χ0v) is 17.1. The van der Waals surface area contributed by atoms with Crippen LogP contribution in [0, 0.1) is 5.92 Å². The van der Waals surface area contributed by atoms with Gasteiger partial charge in [-0.1, -0.05) is 5.16 Å². The molecule has 0 atom stereocenters. The third kappa shape index (κ3) is 5.17. The van der Waals surface area contributed by atoms with Gasteiger partial charge in [-0.2, -0.15) is 4.98 Å². The molecule has 1 aliphatic heterocycles. The Morgan fingerprint density at radius 3 is 2.76 bits per heavy atom. The van der Waals surface area contributed by atoms with Crippen molar-refractivity contribution in [3.8, 4) is 22.9 Å². The summed E-state index contributed by atoms with van der Waals surface area (Å²) in [5.74, 6) is 1.86. The molecule has 1 aliphatic rings. The molecule has 0 spiro atoms. The summed E-state index contributed by atoms with van der Waals surface area (Å²) in [6, 6.07) is 6.00. The molecule has 0 unspecified atom stereocenters. The Labute approximate surface area is 170 Å². The molecule has 0 saturated carbocycles. The maximum absolute atomic E-state index is 12.2. The van der Waals surface area contributed by atoms with Crippen molar-refractivity contribution in [1.82, 2.24) is 15.5 Å². The van der Waals surface area contributed by atoms with E-state index in [4.69, 9.17) is 18.7 Å². The lowest BCUT2D eigenvalue weighted by Crippen LogP contribution is -2.41. The van der Waals surface area contributed by atoms with E-state index in [-0.39, 0.29) is 11.8 Å². The lowest BCUT2D eigenvalue weighted by Gasteiger charge is -2.29. The molecule has 9 heteroatoms. The highest BCUT2D eigenvalue weighted by Gasteiger charge is 2.27. The van der Waals surface area contributed by atoms with Gasteiger partial charge in [0.25, 0.3) is 0 Å². The molecule has 3 rings (SSSR count). The molecule has 0 aliphatic carbocycles. The van der Waals surface area contributed by atoms with Gasteiger partial charge in [-0.15, -0.1) is 0 Å². The van der Waals surface area contributed by atoms with Gasteiger partial charge in [-0.3, -0.25) is 4.79 Å².